The van der Waals surface area contributed by atoms with Gasteiger partial charge in [0.2, 0.25) is 0 Å². The SMILES string of the molecule is CC(C)CNC(N)=NCC(C)(C)c1ccc(Cl)cc1. The van der Waals surface area contributed by atoms with E-state index < -0.39 is 0 Å². The standard InChI is InChI=1S/C15H24ClN3/c1-11(2)9-18-14(17)19-10-15(3,4)12-5-7-13(16)8-6-12/h5-8,11H,9-10H2,1-4H3,(H3,17,18,19). The third-order valence-corrected chi connectivity index (χ3v) is 3.21. The highest BCUT2D eigenvalue weighted by atomic mass is 35.5. The molecule has 0 saturated carbocycles. The van der Waals surface area contributed by atoms with Gasteiger partial charge in [-0.3, -0.25) is 4.99 Å². The Kier molecular flexibility index (Phi) is 5.67. The maximum Gasteiger partial charge on any atom is 0.188 e. The van der Waals surface area contributed by atoms with Crippen LogP contribution < -0.4 is 11.1 Å². The zero-order valence-corrected chi connectivity index (χ0v) is 13.0. The number of guanidine groups is 1. The molecule has 3 N–H and O–H groups in total. The molecule has 0 bridgehead atoms. The first-order chi connectivity index (χ1) is 8.81. The fourth-order valence-electron chi connectivity index (χ4n) is 1.64. The summed E-state index contributed by atoms with van der Waals surface area (Å²) >= 11 is 5.90. The molecule has 0 heterocycles. The summed E-state index contributed by atoms with van der Waals surface area (Å²) < 4.78 is 0. The van der Waals surface area contributed by atoms with Crippen LogP contribution in [0.2, 0.25) is 5.02 Å². The Balaban J connectivity index is 2.63. The van der Waals surface area contributed by atoms with Crippen LogP contribution in [0.15, 0.2) is 29.3 Å². The molecule has 0 atom stereocenters. The van der Waals surface area contributed by atoms with E-state index in [4.69, 9.17) is 17.3 Å². The second kappa shape index (κ2) is 6.80. The van der Waals surface area contributed by atoms with E-state index in [1.165, 1.54) is 5.56 Å². The molecule has 3 nitrogen and oxygen atoms in total. The molecule has 1 rings (SSSR count). The lowest BCUT2D eigenvalue weighted by molar-refractivity contribution is 0.537. The number of aliphatic imine (C=N–C) groups is 1. The Morgan fingerprint density at radius 1 is 1.32 bits per heavy atom. The van der Waals surface area contributed by atoms with E-state index in [-0.39, 0.29) is 5.41 Å². The summed E-state index contributed by atoms with van der Waals surface area (Å²) in [4.78, 5) is 4.42. The highest BCUT2D eigenvalue weighted by Crippen LogP contribution is 2.24. The Labute approximate surface area is 121 Å². The van der Waals surface area contributed by atoms with Gasteiger partial charge in [-0.15, -0.1) is 0 Å². The topological polar surface area (TPSA) is 50.4 Å². The van der Waals surface area contributed by atoms with Crippen LogP contribution in [0.1, 0.15) is 33.3 Å². The molecule has 0 amide bonds. The molecule has 1 aromatic carbocycles. The summed E-state index contributed by atoms with van der Waals surface area (Å²) in [5, 5.41) is 3.87. The van der Waals surface area contributed by atoms with Crippen LogP contribution in [0.25, 0.3) is 0 Å². The first-order valence-corrected chi connectivity index (χ1v) is 6.99. The summed E-state index contributed by atoms with van der Waals surface area (Å²) in [6, 6.07) is 7.89. The van der Waals surface area contributed by atoms with Crippen molar-refractivity contribution < 1.29 is 0 Å². The second-order valence-electron chi connectivity index (χ2n) is 5.87. The van der Waals surface area contributed by atoms with Gasteiger partial charge in [0.1, 0.15) is 0 Å². The fraction of sp³-hybridized carbons (Fsp3) is 0.533. The maximum absolute atomic E-state index is 5.90. The average Bonchev–Trinajstić information content (AvgIpc) is 2.34. The Morgan fingerprint density at radius 3 is 2.42 bits per heavy atom. The molecule has 0 fully saturated rings. The van der Waals surface area contributed by atoms with Crippen LogP contribution in [-0.2, 0) is 5.41 Å². The van der Waals surface area contributed by atoms with Crippen molar-refractivity contribution in [1.29, 1.82) is 0 Å². The summed E-state index contributed by atoms with van der Waals surface area (Å²) in [7, 11) is 0. The highest BCUT2D eigenvalue weighted by molar-refractivity contribution is 6.30. The average molecular weight is 282 g/mol. The summed E-state index contributed by atoms with van der Waals surface area (Å²) in [5.74, 6) is 1.06. The molecular weight excluding hydrogens is 258 g/mol. The first-order valence-electron chi connectivity index (χ1n) is 6.61. The lowest BCUT2D eigenvalue weighted by Gasteiger charge is -2.23. The van der Waals surface area contributed by atoms with Crippen molar-refractivity contribution in [2.45, 2.75) is 33.1 Å². The number of rotatable bonds is 5. The molecule has 0 radical (unpaired) electrons. The lowest BCUT2D eigenvalue weighted by Crippen LogP contribution is -2.35. The quantitative estimate of drug-likeness (QED) is 0.643. The minimum absolute atomic E-state index is 0.0608. The molecule has 0 spiro atoms. The number of benzene rings is 1. The fourth-order valence-corrected chi connectivity index (χ4v) is 1.77. The van der Waals surface area contributed by atoms with Crippen LogP contribution in [0.5, 0.6) is 0 Å². The van der Waals surface area contributed by atoms with E-state index in [2.05, 4.69) is 38.0 Å². The summed E-state index contributed by atoms with van der Waals surface area (Å²) in [6.45, 7) is 10.1. The van der Waals surface area contributed by atoms with E-state index in [1.807, 2.05) is 24.3 Å². The normalized spacial score (nSPS) is 12.8. The van der Waals surface area contributed by atoms with Gasteiger partial charge in [-0.05, 0) is 23.6 Å². The minimum atomic E-state index is -0.0608. The molecule has 1 aromatic rings. The van der Waals surface area contributed by atoms with E-state index in [0.717, 1.165) is 11.6 Å². The van der Waals surface area contributed by atoms with Gasteiger partial charge in [-0.25, -0.2) is 0 Å². The second-order valence-corrected chi connectivity index (χ2v) is 6.30. The largest absolute Gasteiger partial charge is 0.370 e. The molecule has 19 heavy (non-hydrogen) atoms. The molecule has 0 aliphatic rings. The van der Waals surface area contributed by atoms with Gasteiger partial charge in [0, 0.05) is 17.0 Å². The lowest BCUT2D eigenvalue weighted by atomic mass is 9.85. The molecule has 0 unspecified atom stereocenters. The first kappa shape index (κ1) is 15.8. The van der Waals surface area contributed by atoms with Crippen LogP contribution in [0.3, 0.4) is 0 Å². The molecule has 4 heteroatoms. The van der Waals surface area contributed by atoms with E-state index in [1.54, 1.807) is 0 Å². The molecular formula is C15H24ClN3. The Morgan fingerprint density at radius 2 is 1.89 bits per heavy atom. The number of nitrogens with one attached hydrogen (secondary N) is 1. The molecule has 0 saturated heterocycles. The van der Waals surface area contributed by atoms with Gasteiger partial charge in [-0.2, -0.15) is 0 Å². The number of nitrogens with two attached hydrogens (primary N) is 1. The van der Waals surface area contributed by atoms with Gasteiger partial charge in [0.25, 0.3) is 0 Å². The summed E-state index contributed by atoms with van der Waals surface area (Å²) in [5.41, 5.74) is 6.99. The van der Waals surface area contributed by atoms with Crippen molar-refractivity contribution in [3.63, 3.8) is 0 Å². The van der Waals surface area contributed by atoms with Crippen molar-refractivity contribution in [2.75, 3.05) is 13.1 Å². The van der Waals surface area contributed by atoms with Gasteiger partial charge >= 0.3 is 0 Å². The van der Waals surface area contributed by atoms with Crippen LogP contribution in [0, 0.1) is 5.92 Å². The number of halogens is 1. The van der Waals surface area contributed by atoms with Crippen molar-refractivity contribution in [1.82, 2.24) is 5.32 Å². The number of hydrogen-bond donors (Lipinski definition) is 2. The third-order valence-electron chi connectivity index (χ3n) is 2.96. The zero-order valence-electron chi connectivity index (χ0n) is 12.2. The van der Waals surface area contributed by atoms with Crippen molar-refractivity contribution in [3.05, 3.63) is 34.9 Å². The predicted molar refractivity (Wildman–Crippen MR) is 83.8 cm³/mol. The summed E-state index contributed by atoms with van der Waals surface area (Å²) in [6.07, 6.45) is 0. The number of nitrogens with zero attached hydrogens (tertiary/aromatic N) is 1. The Hall–Kier alpha value is -1.22. The van der Waals surface area contributed by atoms with E-state index >= 15 is 0 Å². The smallest absolute Gasteiger partial charge is 0.188 e. The van der Waals surface area contributed by atoms with Crippen LogP contribution in [0.4, 0.5) is 0 Å². The van der Waals surface area contributed by atoms with E-state index in [0.29, 0.717) is 18.4 Å². The monoisotopic (exact) mass is 281 g/mol. The highest BCUT2D eigenvalue weighted by Gasteiger charge is 2.20. The van der Waals surface area contributed by atoms with Crippen molar-refractivity contribution in [3.8, 4) is 0 Å². The van der Waals surface area contributed by atoms with E-state index in [9.17, 15) is 0 Å². The van der Waals surface area contributed by atoms with Crippen LogP contribution in [-0.4, -0.2) is 19.0 Å². The molecule has 0 aliphatic heterocycles. The van der Waals surface area contributed by atoms with Crippen LogP contribution >= 0.6 is 11.6 Å². The van der Waals surface area contributed by atoms with Gasteiger partial charge in [0.15, 0.2) is 5.96 Å². The Bertz CT molecular complexity index is 422. The zero-order chi connectivity index (χ0) is 14.5. The molecule has 0 aliphatic carbocycles. The minimum Gasteiger partial charge on any atom is -0.370 e. The predicted octanol–water partition coefficient (Wildman–Crippen LogP) is 3.18. The molecule has 106 valence electrons. The van der Waals surface area contributed by atoms with Crippen molar-refractivity contribution >= 4 is 17.6 Å². The van der Waals surface area contributed by atoms with Crippen molar-refractivity contribution in [2.24, 2.45) is 16.6 Å². The van der Waals surface area contributed by atoms with Gasteiger partial charge in [0.05, 0.1) is 6.54 Å². The molecule has 0 aromatic heterocycles. The maximum atomic E-state index is 5.90. The van der Waals surface area contributed by atoms with Gasteiger partial charge < -0.3 is 11.1 Å². The number of hydrogen-bond acceptors (Lipinski definition) is 1. The van der Waals surface area contributed by atoms with Gasteiger partial charge in [-0.1, -0.05) is 51.4 Å². The third kappa shape index (κ3) is 5.52.